The second-order valence-electron chi connectivity index (χ2n) is 4.38. The van der Waals surface area contributed by atoms with Gasteiger partial charge in [-0.1, -0.05) is 17.3 Å². The number of hydrogen-bond donors (Lipinski definition) is 3. The van der Waals surface area contributed by atoms with Gasteiger partial charge in [-0.05, 0) is 31.4 Å². The highest BCUT2D eigenvalue weighted by Gasteiger charge is 2.22. The normalized spacial score (nSPS) is 20.0. The minimum atomic E-state index is -0.422. The quantitative estimate of drug-likeness (QED) is 0.331. The first-order chi connectivity index (χ1) is 9.22. The van der Waals surface area contributed by atoms with Gasteiger partial charge in [0.05, 0.1) is 5.69 Å². The summed E-state index contributed by atoms with van der Waals surface area (Å²) in [7, 11) is 0. The van der Waals surface area contributed by atoms with E-state index in [2.05, 4.69) is 10.5 Å². The summed E-state index contributed by atoms with van der Waals surface area (Å²) >= 11 is 0. The van der Waals surface area contributed by atoms with Gasteiger partial charge in [0.15, 0.2) is 5.84 Å². The molecule has 0 radical (unpaired) electrons. The molecule has 0 bridgehead atoms. The number of carbonyl (C=O) groups is 1. The van der Waals surface area contributed by atoms with E-state index in [0.717, 1.165) is 19.3 Å². The van der Waals surface area contributed by atoms with Crippen molar-refractivity contribution in [1.29, 1.82) is 0 Å². The molecule has 1 aliphatic heterocycles. The van der Waals surface area contributed by atoms with Crippen LogP contribution < -0.4 is 11.1 Å². The highest BCUT2D eigenvalue weighted by Crippen LogP contribution is 2.18. The highest BCUT2D eigenvalue weighted by atomic mass is 16.5. The van der Waals surface area contributed by atoms with Crippen molar-refractivity contribution in [3.05, 3.63) is 29.8 Å². The predicted molar refractivity (Wildman–Crippen MR) is 71.2 cm³/mol. The van der Waals surface area contributed by atoms with E-state index in [0.29, 0.717) is 17.9 Å². The SMILES string of the molecule is NC(=NO)c1ccccc1NC(=O)C1CCCCO1. The third-order valence-corrected chi connectivity index (χ3v) is 3.04. The molecule has 0 aliphatic carbocycles. The molecule has 0 saturated carbocycles. The molecule has 1 heterocycles. The smallest absolute Gasteiger partial charge is 0.253 e. The largest absolute Gasteiger partial charge is 0.409 e. The summed E-state index contributed by atoms with van der Waals surface area (Å²) in [6, 6.07) is 6.89. The number of anilines is 1. The van der Waals surface area contributed by atoms with Crippen LogP contribution in [0, 0.1) is 0 Å². The van der Waals surface area contributed by atoms with Gasteiger partial charge < -0.3 is 21.0 Å². The maximum absolute atomic E-state index is 12.1. The van der Waals surface area contributed by atoms with Crippen LogP contribution in [-0.2, 0) is 9.53 Å². The van der Waals surface area contributed by atoms with Crippen LogP contribution in [0.1, 0.15) is 24.8 Å². The summed E-state index contributed by atoms with van der Waals surface area (Å²) < 4.78 is 5.42. The maximum atomic E-state index is 12.1. The number of hydrogen-bond acceptors (Lipinski definition) is 4. The van der Waals surface area contributed by atoms with Crippen LogP contribution in [0.4, 0.5) is 5.69 Å². The standard InChI is InChI=1S/C13H17N3O3/c14-12(16-18)9-5-1-2-6-10(9)15-13(17)11-7-3-4-8-19-11/h1-2,5-6,11,18H,3-4,7-8H2,(H2,14,16)(H,15,17). The van der Waals surface area contributed by atoms with Gasteiger partial charge in [0, 0.05) is 12.2 Å². The van der Waals surface area contributed by atoms with Crippen LogP contribution in [0.2, 0.25) is 0 Å². The number of benzene rings is 1. The Kier molecular flexibility index (Phi) is 4.35. The summed E-state index contributed by atoms with van der Waals surface area (Å²) in [5.41, 5.74) is 6.56. The van der Waals surface area contributed by atoms with E-state index in [1.54, 1.807) is 24.3 Å². The summed E-state index contributed by atoms with van der Waals surface area (Å²) in [6.07, 6.45) is 2.27. The van der Waals surface area contributed by atoms with Gasteiger partial charge in [0.25, 0.3) is 5.91 Å². The molecule has 6 nitrogen and oxygen atoms in total. The van der Waals surface area contributed by atoms with Crippen molar-refractivity contribution >= 4 is 17.4 Å². The molecule has 19 heavy (non-hydrogen) atoms. The number of nitrogens with one attached hydrogen (secondary N) is 1. The molecule has 1 aromatic carbocycles. The van der Waals surface area contributed by atoms with E-state index in [-0.39, 0.29) is 11.7 Å². The van der Waals surface area contributed by atoms with Crippen molar-refractivity contribution in [3.8, 4) is 0 Å². The lowest BCUT2D eigenvalue weighted by Gasteiger charge is -2.22. The Bertz CT molecular complexity index is 482. The number of amidine groups is 1. The average Bonchev–Trinajstić information content (AvgIpc) is 2.48. The topological polar surface area (TPSA) is 96.9 Å². The van der Waals surface area contributed by atoms with Crippen LogP contribution in [-0.4, -0.2) is 29.7 Å². The van der Waals surface area contributed by atoms with E-state index in [9.17, 15) is 4.79 Å². The zero-order chi connectivity index (χ0) is 13.7. The Balaban J connectivity index is 2.12. The van der Waals surface area contributed by atoms with E-state index in [4.69, 9.17) is 15.7 Å². The van der Waals surface area contributed by atoms with E-state index in [1.807, 2.05) is 0 Å². The minimum absolute atomic E-state index is 0.0412. The van der Waals surface area contributed by atoms with E-state index >= 15 is 0 Å². The number of oxime groups is 1. The molecule has 1 amide bonds. The number of nitrogens with two attached hydrogens (primary N) is 1. The van der Waals surface area contributed by atoms with Crippen molar-refractivity contribution in [3.63, 3.8) is 0 Å². The summed E-state index contributed by atoms with van der Waals surface area (Å²) in [5, 5.41) is 14.4. The van der Waals surface area contributed by atoms with Crippen molar-refractivity contribution in [2.75, 3.05) is 11.9 Å². The Morgan fingerprint density at radius 1 is 1.42 bits per heavy atom. The predicted octanol–water partition coefficient (Wildman–Crippen LogP) is 1.29. The Morgan fingerprint density at radius 3 is 2.89 bits per heavy atom. The first-order valence-corrected chi connectivity index (χ1v) is 6.22. The fourth-order valence-electron chi connectivity index (χ4n) is 2.03. The number of ether oxygens (including phenoxy) is 1. The molecule has 4 N–H and O–H groups in total. The Morgan fingerprint density at radius 2 is 2.21 bits per heavy atom. The van der Waals surface area contributed by atoms with Crippen molar-refractivity contribution in [1.82, 2.24) is 0 Å². The second-order valence-corrected chi connectivity index (χ2v) is 4.38. The van der Waals surface area contributed by atoms with Gasteiger partial charge >= 0.3 is 0 Å². The van der Waals surface area contributed by atoms with Crippen molar-refractivity contribution in [2.45, 2.75) is 25.4 Å². The monoisotopic (exact) mass is 263 g/mol. The lowest BCUT2D eigenvalue weighted by molar-refractivity contribution is -0.129. The van der Waals surface area contributed by atoms with E-state index in [1.165, 1.54) is 0 Å². The number of rotatable bonds is 3. The van der Waals surface area contributed by atoms with Gasteiger partial charge in [0.2, 0.25) is 0 Å². The lowest BCUT2D eigenvalue weighted by Crippen LogP contribution is -2.33. The number of carbonyl (C=O) groups excluding carboxylic acids is 1. The van der Waals surface area contributed by atoms with Gasteiger partial charge in [-0.15, -0.1) is 0 Å². The fraction of sp³-hybridized carbons (Fsp3) is 0.385. The van der Waals surface area contributed by atoms with Gasteiger partial charge in [-0.3, -0.25) is 4.79 Å². The zero-order valence-corrected chi connectivity index (χ0v) is 10.5. The van der Waals surface area contributed by atoms with E-state index < -0.39 is 6.10 Å². The Hall–Kier alpha value is -2.08. The molecule has 1 unspecified atom stereocenters. The third-order valence-electron chi connectivity index (χ3n) is 3.04. The van der Waals surface area contributed by atoms with Gasteiger partial charge in [0.1, 0.15) is 6.10 Å². The molecular weight excluding hydrogens is 246 g/mol. The first-order valence-electron chi connectivity index (χ1n) is 6.22. The molecular formula is C13H17N3O3. The van der Waals surface area contributed by atoms with Crippen LogP contribution in [0.15, 0.2) is 29.4 Å². The fourth-order valence-corrected chi connectivity index (χ4v) is 2.03. The van der Waals surface area contributed by atoms with Gasteiger partial charge in [-0.25, -0.2) is 0 Å². The van der Waals surface area contributed by atoms with Crippen LogP contribution in [0.5, 0.6) is 0 Å². The minimum Gasteiger partial charge on any atom is -0.409 e. The average molecular weight is 263 g/mol. The molecule has 1 aromatic rings. The Labute approximate surface area is 111 Å². The molecule has 6 heteroatoms. The summed E-state index contributed by atoms with van der Waals surface area (Å²) in [5.74, 6) is -0.238. The highest BCUT2D eigenvalue weighted by molar-refractivity contribution is 6.06. The van der Waals surface area contributed by atoms with Crippen LogP contribution in [0.3, 0.4) is 0 Å². The van der Waals surface area contributed by atoms with Crippen molar-refractivity contribution in [2.24, 2.45) is 10.9 Å². The van der Waals surface area contributed by atoms with Crippen LogP contribution >= 0.6 is 0 Å². The number of amides is 1. The summed E-state index contributed by atoms with van der Waals surface area (Å²) in [4.78, 5) is 12.1. The van der Waals surface area contributed by atoms with Crippen LogP contribution in [0.25, 0.3) is 0 Å². The molecule has 1 aliphatic rings. The zero-order valence-electron chi connectivity index (χ0n) is 10.5. The number of para-hydroxylation sites is 1. The lowest BCUT2D eigenvalue weighted by atomic mass is 10.1. The molecule has 1 saturated heterocycles. The number of nitrogens with zero attached hydrogens (tertiary/aromatic N) is 1. The first kappa shape index (κ1) is 13.4. The van der Waals surface area contributed by atoms with Crippen molar-refractivity contribution < 1.29 is 14.7 Å². The second kappa shape index (κ2) is 6.19. The molecule has 1 fully saturated rings. The third kappa shape index (κ3) is 3.23. The summed E-state index contributed by atoms with van der Waals surface area (Å²) in [6.45, 7) is 0.611. The maximum Gasteiger partial charge on any atom is 0.253 e. The molecule has 1 atom stereocenters. The molecule has 102 valence electrons. The molecule has 2 rings (SSSR count). The van der Waals surface area contributed by atoms with Gasteiger partial charge in [-0.2, -0.15) is 0 Å². The molecule has 0 spiro atoms. The molecule has 0 aromatic heterocycles.